The maximum Gasteiger partial charge on any atom is 0.171 e. The first kappa shape index (κ1) is 13.9. The molecule has 1 unspecified atom stereocenters. The summed E-state index contributed by atoms with van der Waals surface area (Å²) in [4.78, 5) is 0. The third-order valence-electron chi connectivity index (χ3n) is 2.37. The van der Waals surface area contributed by atoms with Gasteiger partial charge in [0.2, 0.25) is 0 Å². The molecule has 0 amide bonds. The van der Waals surface area contributed by atoms with Gasteiger partial charge in [0.1, 0.15) is 0 Å². The van der Waals surface area contributed by atoms with Gasteiger partial charge in [-0.2, -0.15) is 0 Å². The Bertz CT molecular complexity index is 116. The molecular formula is C11H25NO2. The van der Waals surface area contributed by atoms with Crippen molar-refractivity contribution in [2.45, 2.75) is 51.9 Å². The summed E-state index contributed by atoms with van der Waals surface area (Å²) in [7, 11) is 3.34. The Morgan fingerprint density at radius 1 is 1.07 bits per heavy atom. The van der Waals surface area contributed by atoms with Gasteiger partial charge < -0.3 is 14.8 Å². The molecule has 0 bridgehead atoms. The van der Waals surface area contributed by atoms with E-state index in [0.29, 0.717) is 0 Å². The van der Waals surface area contributed by atoms with Gasteiger partial charge in [-0.3, -0.25) is 0 Å². The monoisotopic (exact) mass is 203 g/mol. The normalized spacial score (nSPS) is 13.5. The predicted octanol–water partition coefficient (Wildman–Crippen LogP) is 2.16. The van der Waals surface area contributed by atoms with E-state index in [2.05, 4.69) is 19.2 Å². The van der Waals surface area contributed by atoms with E-state index in [1.807, 2.05) is 0 Å². The number of hydrogen-bond acceptors (Lipinski definition) is 3. The smallest absolute Gasteiger partial charge is 0.171 e. The van der Waals surface area contributed by atoms with Crippen LogP contribution in [0, 0.1) is 0 Å². The quantitative estimate of drug-likeness (QED) is 0.460. The van der Waals surface area contributed by atoms with Crippen LogP contribution in [0.2, 0.25) is 0 Å². The second kappa shape index (κ2) is 9.44. The lowest BCUT2D eigenvalue weighted by Crippen LogP contribution is -2.40. The summed E-state index contributed by atoms with van der Waals surface area (Å²) in [5, 5.41) is 3.39. The van der Waals surface area contributed by atoms with Crippen LogP contribution in [0.3, 0.4) is 0 Å². The van der Waals surface area contributed by atoms with Crippen molar-refractivity contribution in [1.29, 1.82) is 0 Å². The summed E-state index contributed by atoms with van der Waals surface area (Å²) in [6, 6.07) is 0.256. The summed E-state index contributed by atoms with van der Waals surface area (Å²) in [6.45, 7) is 5.35. The molecule has 0 heterocycles. The largest absolute Gasteiger partial charge is 0.354 e. The fourth-order valence-electron chi connectivity index (χ4n) is 1.48. The summed E-state index contributed by atoms with van der Waals surface area (Å²) >= 11 is 0. The van der Waals surface area contributed by atoms with Crippen LogP contribution >= 0.6 is 0 Å². The molecule has 0 aromatic rings. The zero-order valence-corrected chi connectivity index (χ0v) is 10.0. The van der Waals surface area contributed by atoms with E-state index in [1.54, 1.807) is 14.2 Å². The van der Waals surface area contributed by atoms with Gasteiger partial charge in [-0.15, -0.1) is 0 Å². The molecule has 0 aliphatic carbocycles. The van der Waals surface area contributed by atoms with E-state index in [9.17, 15) is 0 Å². The highest BCUT2D eigenvalue weighted by Crippen LogP contribution is 2.01. The van der Waals surface area contributed by atoms with Gasteiger partial charge in [-0.05, 0) is 19.9 Å². The molecule has 3 heteroatoms. The summed E-state index contributed by atoms with van der Waals surface area (Å²) in [6.07, 6.45) is 5.02. The lowest BCUT2D eigenvalue weighted by Gasteiger charge is -2.22. The molecule has 86 valence electrons. The third kappa shape index (κ3) is 6.35. The third-order valence-corrected chi connectivity index (χ3v) is 2.37. The molecule has 14 heavy (non-hydrogen) atoms. The molecule has 0 aromatic carbocycles. The summed E-state index contributed by atoms with van der Waals surface area (Å²) < 4.78 is 10.3. The SMILES string of the molecule is CCCCCCNC(C)C(OC)OC. The highest BCUT2D eigenvalue weighted by Gasteiger charge is 2.13. The van der Waals surface area contributed by atoms with Gasteiger partial charge in [0.25, 0.3) is 0 Å². The van der Waals surface area contributed by atoms with Gasteiger partial charge in [-0.1, -0.05) is 26.2 Å². The standard InChI is InChI=1S/C11H25NO2/c1-5-6-7-8-9-12-10(2)11(13-3)14-4/h10-12H,5-9H2,1-4H3. The van der Waals surface area contributed by atoms with E-state index in [-0.39, 0.29) is 12.3 Å². The van der Waals surface area contributed by atoms with E-state index >= 15 is 0 Å². The molecule has 0 rings (SSSR count). The maximum absolute atomic E-state index is 5.15. The molecule has 0 saturated heterocycles. The molecule has 1 atom stereocenters. The van der Waals surface area contributed by atoms with Crippen molar-refractivity contribution in [2.75, 3.05) is 20.8 Å². The van der Waals surface area contributed by atoms with Crippen molar-refractivity contribution in [3.63, 3.8) is 0 Å². The maximum atomic E-state index is 5.15. The Balaban J connectivity index is 3.37. The first-order chi connectivity index (χ1) is 6.76. The van der Waals surface area contributed by atoms with Crippen molar-refractivity contribution in [2.24, 2.45) is 0 Å². The van der Waals surface area contributed by atoms with Gasteiger partial charge >= 0.3 is 0 Å². The Morgan fingerprint density at radius 3 is 2.21 bits per heavy atom. The molecular weight excluding hydrogens is 178 g/mol. The van der Waals surface area contributed by atoms with Crippen molar-refractivity contribution in [3.8, 4) is 0 Å². The second-order valence-electron chi connectivity index (χ2n) is 3.64. The number of unbranched alkanes of at least 4 members (excludes halogenated alkanes) is 3. The minimum atomic E-state index is -0.138. The minimum absolute atomic E-state index is 0.138. The van der Waals surface area contributed by atoms with E-state index < -0.39 is 0 Å². The highest BCUT2D eigenvalue weighted by molar-refractivity contribution is 4.64. The number of ether oxygens (including phenoxy) is 2. The van der Waals surface area contributed by atoms with Crippen LogP contribution in [0.25, 0.3) is 0 Å². The van der Waals surface area contributed by atoms with E-state index in [0.717, 1.165) is 6.54 Å². The number of hydrogen-bond donors (Lipinski definition) is 1. The molecule has 0 fully saturated rings. The van der Waals surface area contributed by atoms with Crippen LogP contribution in [-0.4, -0.2) is 33.1 Å². The lowest BCUT2D eigenvalue weighted by molar-refractivity contribution is -0.119. The van der Waals surface area contributed by atoms with Crippen LogP contribution < -0.4 is 5.32 Å². The molecule has 0 radical (unpaired) electrons. The van der Waals surface area contributed by atoms with Crippen LogP contribution in [0.4, 0.5) is 0 Å². The van der Waals surface area contributed by atoms with Crippen molar-refractivity contribution in [3.05, 3.63) is 0 Å². The van der Waals surface area contributed by atoms with Crippen LogP contribution in [0.5, 0.6) is 0 Å². The fraction of sp³-hybridized carbons (Fsp3) is 1.00. The second-order valence-corrected chi connectivity index (χ2v) is 3.64. The Kier molecular flexibility index (Phi) is 9.35. The van der Waals surface area contributed by atoms with Crippen LogP contribution in [0.15, 0.2) is 0 Å². The average molecular weight is 203 g/mol. The van der Waals surface area contributed by atoms with Crippen molar-refractivity contribution in [1.82, 2.24) is 5.32 Å². The lowest BCUT2D eigenvalue weighted by atomic mass is 10.2. The zero-order valence-electron chi connectivity index (χ0n) is 10.0. The summed E-state index contributed by atoms with van der Waals surface area (Å²) in [5.74, 6) is 0. The topological polar surface area (TPSA) is 30.5 Å². The molecule has 3 nitrogen and oxygen atoms in total. The minimum Gasteiger partial charge on any atom is -0.354 e. The van der Waals surface area contributed by atoms with Gasteiger partial charge in [0.05, 0.1) is 6.04 Å². The van der Waals surface area contributed by atoms with Crippen molar-refractivity contribution < 1.29 is 9.47 Å². The van der Waals surface area contributed by atoms with Gasteiger partial charge in [0, 0.05) is 14.2 Å². The Hall–Kier alpha value is -0.120. The molecule has 0 saturated carbocycles. The molecule has 0 aromatic heterocycles. The van der Waals surface area contributed by atoms with Crippen LogP contribution in [0.1, 0.15) is 39.5 Å². The Labute approximate surface area is 88.2 Å². The average Bonchev–Trinajstić information content (AvgIpc) is 2.19. The summed E-state index contributed by atoms with van der Waals surface area (Å²) in [5.41, 5.74) is 0. The fourth-order valence-corrected chi connectivity index (χ4v) is 1.48. The number of nitrogens with one attached hydrogen (secondary N) is 1. The Morgan fingerprint density at radius 2 is 1.71 bits per heavy atom. The van der Waals surface area contributed by atoms with E-state index in [1.165, 1.54) is 25.7 Å². The molecule has 0 aliphatic heterocycles. The first-order valence-corrected chi connectivity index (χ1v) is 5.55. The van der Waals surface area contributed by atoms with Gasteiger partial charge in [-0.25, -0.2) is 0 Å². The first-order valence-electron chi connectivity index (χ1n) is 5.55. The molecule has 0 aliphatic rings. The number of methoxy groups -OCH3 is 2. The van der Waals surface area contributed by atoms with Crippen LogP contribution in [-0.2, 0) is 9.47 Å². The zero-order chi connectivity index (χ0) is 10.8. The predicted molar refractivity (Wildman–Crippen MR) is 59.4 cm³/mol. The molecule has 1 N–H and O–H groups in total. The molecule has 0 spiro atoms. The number of rotatable bonds is 9. The van der Waals surface area contributed by atoms with E-state index in [4.69, 9.17) is 9.47 Å². The highest BCUT2D eigenvalue weighted by atomic mass is 16.7. The van der Waals surface area contributed by atoms with Gasteiger partial charge in [0.15, 0.2) is 6.29 Å². The van der Waals surface area contributed by atoms with Crippen molar-refractivity contribution >= 4 is 0 Å².